The molecule has 1 aromatic carbocycles. The maximum Gasteiger partial charge on any atom is 0.184 e. The molecule has 4 rings (SSSR count). The van der Waals surface area contributed by atoms with Crippen molar-refractivity contribution in [2.45, 2.75) is 63.8 Å². The molecule has 4 heteroatoms. The summed E-state index contributed by atoms with van der Waals surface area (Å²) in [5.41, 5.74) is 3.76. The molecule has 1 saturated heterocycles. The highest BCUT2D eigenvalue weighted by Gasteiger charge is 2.48. The summed E-state index contributed by atoms with van der Waals surface area (Å²) in [7, 11) is -1.50. The quantitative estimate of drug-likeness (QED) is 0.589. The summed E-state index contributed by atoms with van der Waals surface area (Å²) in [6.45, 7) is 10.9. The number of benzene rings is 1. The van der Waals surface area contributed by atoms with E-state index in [1.807, 2.05) is 0 Å². The van der Waals surface area contributed by atoms with Gasteiger partial charge < -0.3 is 14.2 Å². The third-order valence-corrected chi connectivity index (χ3v) is 7.45. The number of unbranched alkanes of at least 4 members (excludes halogenated alkanes) is 1. The maximum absolute atomic E-state index is 6.52. The lowest BCUT2D eigenvalue weighted by Gasteiger charge is -2.28. The second-order valence-corrected chi connectivity index (χ2v) is 13.3. The molecule has 0 saturated carbocycles. The fourth-order valence-corrected chi connectivity index (χ4v) is 5.90. The highest BCUT2D eigenvalue weighted by atomic mass is 28.3. The Kier molecular flexibility index (Phi) is 3.99. The normalized spacial score (nSPS) is 28.8. The average Bonchev–Trinajstić information content (AvgIpc) is 3.26. The summed E-state index contributed by atoms with van der Waals surface area (Å²) >= 11 is 0. The minimum absolute atomic E-state index is 0.137. The van der Waals surface area contributed by atoms with Crippen LogP contribution in [0.4, 0.5) is 0 Å². The van der Waals surface area contributed by atoms with Crippen LogP contribution in [-0.2, 0) is 19.8 Å². The van der Waals surface area contributed by atoms with E-state index in [1.165, 1.54) is 34.7 Å². The topological polar surface area (TPSA) is 27.7 Å². The van der Waals surface area contributed by atoms with Crippen LogP contribution >= 0.6 is 0 Å². The number of rotatable bonds is 5. The lowest BCUT2D eigenvalue weighted by atomic mass is 9.82. The zero-order chi connectivity index (χ0) is 16.9. The van der Waals surface area contributed by atoms with Gasteiger partial charge in [-0.3, -0.25) is 0 Å². The summed E-state index contributed by atoms with van der Waals surface area (Å²) in [4.78, 5) is 0. The average molecular weight is 345 g/mol. The molecule has 24 heavy (non-hydrogen) atoms. The van der Waals surface area contributed by atoms with Crippen molar-refractivity contribution in [2.24, 2.45) is 0 Å². The van der Waals surface area contributed by atoms with Crippen LogP contribution in [0.15, 0.2) is 24.3 Å². The van der Waals surface area contributed by atoms with Crippen LogP contribution in [0.1, 0.15) is 55.3 Å². The molecule has 3 nitrogen and oxygen atoms in total. The van der Waals surface area contributed by atoms with E-state index in [0.29, 0.717) is 13.2 Å². The van der Waals surface area contributed by atoms with Crippen LogP contribution in [0.3, 0.4) is 0 Å². The predicted molar refractivity (Wildman–Crippen MR) is 98.2 cm³/mol. The van der Waals surface area contributed by atoms with E-state index >= 15 is 0 Å². The summed E-state index contributed by atoms with van der Waals surface area (Å²) in [6, 6.07) is 4.64. The molecule has 2 atom stereocenters. The number of hydrogen-bond donors (Lipinski definition) is 0. The molecular formula is C20H28O3Si. The molecule has 0 spiro atoms. The third-order valence-electron chi connectivity index (χ3n) is 5.42. The molecule has 3 heterocycles. The highest BCUT2D eigenvalue weighted by Crippen LogP contribution is 2.53. The van der Waals surface area contributed by atoms with E-state index < -0.39 is 8.07 Å². The van der Waals surface area contributed by atoms with Gasteiger partial charge in [-0.2, -0.15) is 0 Å². The van der Waals surface area contributed by atoms with Gasteiger partial charge in [-0.25, -0.2) is 0 Å². The fraction of sp³-hybridized carbons (Fsp3) is 0.600. The SMILES string of the molecule is CCCCC12C=CC(O1)c1c2cc(C2OCCO2)cc1[Si](C)(C)C. The second kappa shape index (κ2) is 5.80. The molecular weight excluding hydrogens is 316 g/mol. The van der Waals surface area contributed by atoms with Crippen LogP contribution in [-0.4, -0.2) is 21.3 Å². The molecule has 2 bridgehead atoms. The van der Waals surface area contributed by atoms with Crippen molar-refractivity contribution in [3.8, 4) is 0 Å². The summed E-state index contributed by atoms with van der Waals surface area (Å²) < 4.78 is 18.1. The minimum Gasteiger partial charge on any atom is -0.354 e. The molecule has 3 aliphatic rings. The first kappa shape index (κ1) is 16.5. The molecule has 0 aliphatic carbocycles. The molecule has 130 valence electrons. The Labute approximate surface area is 146 Å². The first-order chi connectivity index (χ1) is 11.4. The van der Waals surface area contributed by atoms with Gasteiger partial charge >= 0.3 is 0 Å². The molecule has 0 aromatic heterocycles. The predicted octanol–water partition coefficient (Wildman–Crippen LogP) is 4.30. The van der Waals surface area contributed by atoms with Gasteiger partial charge in [0, 0.05) is 5.56 Å². The summed E-state index contributed by atoms with van der Waals surface area (Å²) in [6.07, 6.45) is 7.92. The first-order valence-corrected chi connectivity index (χ1v) is 12.7. The van der Waals surface area contributed by atoms with Gasteiger partial charge in [-0.15, -0.1) is 0 Å². The van der Waals surface area contributed by atoms with Crippen molar-refractivity contribution >= 4 is 13.3 Å². The minimum atomic E-state index is -1.50. The van der Waals surface area contributed by atoms with Crippen molar-refractivity contribution in [3.63, 3.8) is 0 Å². The van der Waals surface area contributed by atoms with Gasteiger partial charge in [0.1, 0.15) is 11.7 Å². The van der Waals surface area contributed by atoms with E-state index in [0.717, 1.165) is 6.42 Å². The van der Waals surface area contributed by atoms with E-state index in [-0.39, 0.29) is 18.0 Å². The van der Waals surface area contributed by atoms with Gasteiger partial charge in [0.05, 0.1) is 21.3 Å². The maximum atomic E-state index is 6.52. The van der Waals surface area contributed by atoms with Crippen LogP contribution in [0.5, 0.6) is 0 Å². The van der Waals surface area contributed by atoms with Crippen molar-refractivity contribution in [2.75, 3.05) is 13.2 Å². The van der Waals surface area contributed by atoms with Crippen molar-refractivity contribution < 1.29 is 14.2 Å². The van der Waals surface area contributed by atoms with Gasteiger partial charge in [0.25, 0.3) is 0 Å². The Morgan fingerprint density at radius 2 is 1.92 bits per heavy atom. The van der Waals surface area contributed by atoms with Crippen molar-refractivity contribution in [1.29, 1.82) is 0 Å². The molecule has 0 N–H and O–H groups in total. The van der Waals surface area contributed by atoms with Crippen LogP contribution in [0.2, 0.25) is 19.6 Å². The zero-order valence-corrected chi connectivity index (χ0v) is 16.2. The number of hydrogen-bond acceptors (Lipinski definition) is 3. The first-order valence-electron chi connectivity index (χ1n) is 9.24. The number of fused-ring (bicyclic) bond motifs is 5. The number of ether oxygens (including phenoxy) is 3. The molecule has 2 unspecified atom stereocenters. The van der Waals surface area contributed by atoms with E-state index in [2.05, 4.69) is 50.8 Å². The second-order valence-electron chi connectivity index (χ2n) is 8.24. The molecule has 1 fully saturated rings. The Balaban J connectivity index is 1.85. The van der Waals surface area contributed by atoms with Gasteiger partial charge in [0.15, 0.2) is 6.29 Å². The monoisotopic (exact) mass is 344 g/mol. The molecule has 0 amide bonds. The summed E-state index contributed by atoms with van der Waals surface area (Å²) in [5, 5.41) is 1.50. The zero-order valence-electron chi connectivity index (χ0n) is 15.2. The summed E-state index contributed by atoms with van der Waals surface area (Å²) in [5.74, 6) is 0. The lowest BCUT2D eigenvalue weighted by Crippen LogP contribution is -2.41. The van der Waals surface area contributed by atoms with Gasteiger partial charge in [0.2, 0.25) is 0 Å². The van der Waals surface area contributed by atoms with E-state index in [4.69, 9.17) is 14.2 Å². The Morgan fingerprint density at radius 1 is 1.17 bits per heavy atom. The third kappa shape index (κ3) is 2.51. The smallest absolute Gasteiger partial charge is 0.184 e. The largest absolute Gasteiger partial charge is 0.354 e. The standard InChI is InChI=1S/C20H28O3Si/c1-5-6-8-20-9-7-16(23-20)18-15(20)12-14(19-21-10-11-22-19)13-17(18)24(2,3)4/h7,9,12-13,16,19H,5-6,8,10-11H2,1-4H3. The molecule has 0 radical (unpaired) electrons. The van der Waals surface area contributed by atoms with E-state index in [1.54, 1.807) is 0 Å². The Hall–Kier alpha value is -0.943. The molecule has 1 aromatic rings. The van der Waals surface area contributed by atoms with E-state index in [9.17, 15) is 0 Å². The Bertz CT molecular complexity index is 670. The van der Waals surface area contributed by atoms with Gasteiger partial charge in [-0.1, -0.05) is 56.7 Å². The van der Waals surface area contributed by atoms with Crippen LogP contribution in [0, 0.1) is 0 Å². The van der Waals surface area contributed by atoms with Crippen molar-refractivity contribution in [3.05, 3.63) is 41.0 Å². The van der Waals surface area contributed by atoms with Crippen LogP contribution in [0.25, 0.3) is 0 Å². The fourth-order valence-electron chi connectivity index (χ4n) is 4.21. The lowest BCUT2D eigenvalue weighted by molar-refractivity contribution is -0.0443. The highest BCUT2D eigenvalue weighted by molar-refractivity contribution is 6.89. The Morgan fingerprint density at radius 3 is 2.58 bits per heavy atom. The van der Waals surface area contributed by atoms with Crippen molar-refractivity contribution in [1.82, 2.24) is 0 Å². The van der Waals surface area contributed by atoms with Gasteiger partial charge in [-0.05, 0) is 29.7 Å². The molecule has 3 aliphatic heterocycles. The van der Waals surface area contributed by atoms with Crippen LogP contribution < -0.4 is 5.19 Å².